The molecule has 0 N–H and O–H groups in total. The predicted molar refractivity (Wildman–Crippen MR) is 277 cm³/mol. The van der Waals surface area contributed by atoms with Gasteiger partial charge in [0.25, 0.3) is 7.82 Å². The molecule has 0 saturated heterocycles. The van der Waals surface area contributed by atoms with Crippen molar-refractivity contribution in [2.45, 2.75) is 264 Å². The van der Waals surface area contributed by atoms with Crippen LogP contribution in [0.5, 0.6) is 0 Å². The molecule has 0 aromatic rings. The highest BCUT2D eigenvalue weighted by Gasteiger charge is 2.21. The number of allylic oxidation sites excluding steroid dienone is 6. The number of rotatable bonds is 51. The van der Waals surface area contributed by atoms with Crippen LogP contribution in [-0.2, 0) is 32.7 Å². The van der Waals surface area contributed by atoms with E-state index in [0.717, 1.165) is 51.4 Å². The van der Waals surface area contributed by atoms with Crippen LogP contribution in [0.15, 0.2) is 36.5 Å². The molecule has 0 radical (unpaired) electrons. The first-order chi connectivity index (χ1) is 32.0. The smallest absolute Gasteiger partial charge is 0.306 e. The molecule has 2 atom stereocenters. The fraction of sp³-hybridized carbons (Fsp3) is 0.857. The molecule has 0 spiro atoms. The van der Waals surface area contributed by atoms with E-state index in [1.165, 1.54) is 173 Å². The molecule has 0 amide bonds. The molecule has 9 nitrogen and oxygen atoms in total. The van der Waals surface area contributed by atoms with Gasteiger partial charge in [-0.05, 0) is 70.6 Å². The number of hydrogen-bond donors (Lipinski definition) is 0. The van der Waals surface area contributed by atoms with Crippen molar-refractivity contribution in [2.75, 3.05) is 47.5 Å². The van der Waals surface area contributed by atoms with Crippen LogP contribution in [0, 0.1) is 0 Å². The van der Waals surface area contributed by atoms with Crippen LogP contribution in [0.3, 0.4) is 0 Å². The molecule has 0 bridgehead atoms. The van der Waals surface area contributed by atoms with Gasteiger partial charge in [0.15, 0.2) is 6.10 Å². The summed E-state index contributed by atoms with van der Waals surface area (Å²) in [6, 6.07) is 0. The van der Waals surface area contributed by atoms with Gasteiger partial charge in [0.1, 0.15) is 19.8 Å². The molecule has 0 saturated carbocycles. The summed E-state index contributed by atoms with van der Waals surface area (Å²) < 4.78 is 34.1. The largest absolute Gasteiger partial charge is 0.756 e. The lowest BCUT2D eigenvalue weighted by Gasteiger charge is -2.28. The van der Waals surface area contributed by atoms with Gasteiger partial charge in [-0.25, -0.2) is 0 Å². The Morgan fingerprint density at radius 2 is 0.818 bits per heavy atom. The van der Waals surface area contributed by atoms with Gasteiger partial charge >= 0.3 is 11.9 Å². The Labute approximate surface area is 408 Å². The molecular formula is C56H106NO8P. The quantitative estimate of drug-likeness (QED) is 0.0195. The molecule has 66 heavy (non-hydrogen) atoms. The molecule has 0 rings (SSSR count). The lowest BCUT2D eigenvalue weighted by molar-refractivity contribution is -0.870. The summed E-state index contributed by atoms with van der Waals surface area (Å²) in [6.45, 7) is 4.25. The minimum absolute atomic E-state index is 0.0315. The van der Waals surface area contributed by atoms with Crippen molar-refractivity contribution < 1.29 is 42.1 Å². The highest BCUT2D eigenvalue weighted by atomic mass is 31.2. The van der Waals surface area contributed by atoms with Crippen LogP contribution >= 0.6 is 7.82 Å². The van der Waals surface area contributed by atoms with Crippen molar-refractivity contribution in [1.82, 2.24) is 0 Å². The molecular weight excluding hydrogens is 846 g/mol. The van der Waals surface area contributed by atoms with Crippen molar-refractivity contribution in [3.8, 4) is 0 Å². The Morgan fingerprint density at radius 3 is 1.21 bits per heavy atom. The molecule has 0 aliphatic rings. The molecule has 388 valence electrons. The normalized spacial score (nSPS) is 13.6. The number of carbonyl (C=O) groups excluding carboxylic acids is 2. The first kappa shape index (κ1) is 64.2. The summed E-state index contributed by atoms with van der Waals surface area (Å²) in [4.78, 5) is 37.8. The monoisotopic (exact) mass is 952 g/mol. The second kappa shape index (κ2) is 48.3. The molecule has 0 aromatic heterocycles. The molecule has 10 heteroatoms. The molecule has 0 heterocycles. The van der Waals surface area contributed by atoms with Gasteiger partial charge < -0.3 is 27.9 Å². The van der Waals surface area contributed by atoms with Gasteiger partial charge in [-0.2, -0.15) is 0 Å². The summed E-state index contributed by atoms with van der Waals surface area (Å²) in [7, 11) is 1.17. The first-order valence-electron chi connectivity index (χ1n) is 27.7. The minimum atomic E-state index is -4.63. The predicted octanol–water partition coefficient (Wildman–Crippen LogP) is 16.2. The summed E-state index contributed by atoms with van der Waals surface area (Å²) in [6.07, 6.45) is 57.5. The van der Waals surface area contributed by atoms with E-state index in [4.69, 9.17) is 18.5 Å². The van der Waals surface area contributed by atoms with Gasteiger partial charge in [0.05, 0.1) is 27.7 Å². The number of likely N-dealkylation sites (N-methyl/N-ethyl adjacent to an activating group) is 1. The first-order valence-corrected chi connectivity index (χ1v) is 29.2. The van der Waals surface area contributed by atoms with E-state index >= 15 is 0 Å². The van der Waals surface area contributed by atoms with E-state index in [1.54, 1.807) is 0 Å². The molecule has 0 fully saturated rings. The highest BCUT2D eigenvalue weighted by molar-refractivity contribution is 7.45. The summed E-state index contributed by atoms with van der Waals surface area (Å²) in [5.74, 6) is -0.832. The summed E-state index contributed by atoms with van der Waals surface area (Å²) >= 11 is 0. The van der Waals surface area contributed by atoms with Gasteiger partial charge in [0, 0.05) is 12.8 Å². The van der Waals surface area contributed by atoms with Crippen molar-refractivity contribution >= 4 is 19.8 Å². The van der Waals surface area contributed by atoms with Crippen molar-refractivity contribution in [2.24, 2.45) is 0 Å². The number of phosphoric ester groups is 1. The maximum absolute atomic E-state index is 12.8. The number of ether oxygens (including phenoxy) is 2. The Bertz CT molecular complexity index is 1210. The number of nitrogens with zero attached hydrogens (tertiary/aromatic N) is 1. The SMILES string of the molecule is CCCCCCC/C=C\C/C=C\CCCCCCCCCCCC(=O)OC(COC(=O)CCCCCCCCCCC/C=C\CCCCCCCCCC)COP(=O)([O-])OCC[N+](C)(C)C. The third kappa shape index (κ3) is 51.6. The topological polar surface area (TPSA) is 111 Å². The highest BCUT2D eigenvalue weighted by Crippen LogP contribution is 2.38. The molecule has 0 aliphatic carbocycles. The van der Waals surface area contributed by atoms with Gasteiger partial charge in [-0.3, -0.25) is 14.2 Å². The molecule has 2 unspecified atom stereocenters. The van der Waals surface area contributed by atoms with Gasteiger partial charge in [0.2, 0.25) is 0 Å². The lowest BCUT2D eigenvalue weighted by Crippen LogP contribution is -2.37. The van der Waals surface area contributed by atoms with Crippen LogP contribution in [0.2, 0.25) is 0 Å². The second-order valence-electron chi connectivity index (χ2n) is 19.9. The van der Waals surface area contributed by atoms with E-state index in [9.17, 15) is 19.0 Å². The fourth-order valence-corrected chi connectivity index (χ4v) is 8.53. The van der Waals surface area contributed by atoms with E-state index in [-0.39, 0.29) is 32.0 Å². The number of esters is 2. The molecule has 0 aliphatic heterocycles. The number of quaternary nitrogens is 1. The van der Waals surface area contributed by atoms with E-state index in [2.05, 4.69) is 50.3 Å². The van der Waals surface area contributed by atoms with Crippen LogP contribution in [-0.4, -0.2) is 70.0 Å². The zero-order valence-electron chi connectivity index (χ0n) is 43.9. The second-order valence-corrected chi connectivity index (χ2v) is 21.4. The van der Waals surface area contributed by atoms with E-state index in [0.29, 0.717) is 17.4 Å². The van der Waals surface area contributed by atoms with Crippen LogP contribution in [0.1, 0.15) is 258 Å². The Kier molecular flexibility index (Phi) is 47.0. The summed E-state index contributed by atoms with van der Waals surface area (Å²) in [5.41, 5.74) is 0. The van der Waals surface area contributed by atoms with Crippen molar-refractivity contribution in [3.05, 3.63) is 36.5 Å². The number of phosphoric acid groups is 1. The Hall–Kier alpha value is -1.77. The molecule has 0 aromatic carbocycles. The third-order valence-electron chi connectivity index (χ3n) is 12.1. The number of hydrogen-bond acceptors (Lipinski definition) is 8. The summed E-state index contributed by atoms with van der Waals surface area (Å²) in [5, 5.41) is 0. The standard InChI is InChI=1S/C56H106NO8P/c1-6-8-10-12-14-16-18-20-22-24-26-28-30-32-34-36-38-40-42-44-46-48-55(58)62-52-54(53-64-66(60,61)63-51-50-57(3,4)5)65-56(59)49-47-45-43-41-39-37-35-33-31-29-27-25-23-21-19-17-15-13-11-9-7-2/h19,21,24-27,54H,6-18,20,22-23,28-53H2,1-5H3/b21-19-,26-24-,27-25-. The van der Waals surface area contributed by atoms with Crippen LogP contribution in [0.25, 0.3) is 0 Å². The maximum Gasteiger partial charge on any atom is 0.306 e. The minimum Gasteiger partial charge on any atom is -0.756 e. The van der Waals surface area contributed by atoms with Crippen LogP contribution < -0.4 is 4.89 Å². The number of unbranched alkanes of at least 4 members (excludes halogenated alkanes) is 31. The zero-order chi connectivity index (χ0) is 48.5. The number of carbonyl (C=O) groups is 2. The zero-order valence-corrected chi connectivity index (χ0v) is 44.8. The van der Waals surface area contributed by atoms with E-state index < -0.39 is 26.5 Å². The maximum atomic E-state index is 12.8. The third-order valence-corrected chi connectivity index (χ3v) is 13.1. The lowest BCUT2D eigenvalue weighted by atomic mass is 10.1. The Balaban J connectivity index is 4.20. The van der Waals surface area contributed by atoms with Gasteiger partial charge in [-0.15, -0.1) is 0 Å². The average molecular weight is 952 g/mol. The van der Waals surface area contributed by atoms with E-state index in [1.807, 2.05) is 21.1 Å². The van der Waals surface area contributed by atoms with Crippen LogP contribution in [0.4, 0.5) is 0 Å². The average Bonchev–Trinajstić information content (AvgIpc) is 3.27. The van der Waals surface area contributed by atoms with Crippen molar-refractivity contribution in [1.29, 1.82) is 0 Å². The fourth-order valence-electron chi connectivity index (χ4n) is 7.80. The Morgan fingerprint density at radius 1 is 0.470 bits per heavy atom. The van der Waals surface area contributed by atoms with Crippen molar-refractivity contribution in [3.63, 3.8) is 0 Å². The van der Waals surface area contributed by atoms with Gasteiger partial charge in [-0.1, -0.05) is 211 Å².